The third-order valence-corrected chi connectivity index (χ3v) is 4.59. The Morgan fingerprint density at radius 1 is 1.16 bits per heavy atom. The lowest BCUT2D eigenvalue weighted by Crippen LogP contribution is -2.21. The van der Waals surface area contributed by atoms with Crippen LogP contribution < -0.4 is 5.32 Å². The van der Waals surface area contributed by atoms with E-state index in [1.807, 2.05) is 18.2 Å². The summed E-state index contributed by atoms with van der Waals surface area (Å²) in [6.07, 6.45) is 1.14. The zero-order chi connectivity index (χ0) is 18.0. The Bertz CT molecular complexity index is 1030. The standard InChI is InChI=1S/C17H16ClN3O3S/c1-25(23,24)11-16-20-14-4-2-3-5-15(14)21(16)10-17(22)19-13-8-6-12(18)7-9-13/h2-9H,10-11H2,1H3,(H,19,22). The van der Waals surface area contributed by atoms with Gasteiger partial charge >= 0.3 is 0 Å². The van der Waals surface area contributed by atoms with Crippen LogP contribution >= 0.6 is 11.6 Å². The first kappa shape index (κ1) is 17.4. The summed E-state index contributed by atoms with van der Waals surface area (Å²) in [4.78, 5) is 16.7. The topological polar surface area (TPSA) is 81.1 Å². The molecule has 8 heteroatoms. The number of amides is 1. The minimum absolute atomic E-state index is 0.0337. The number of benzene rings is 2. The molecule has 0 spiro atoms. The summed E-state index contributed by atoms with van der Waals surface area (Å²) in [6, 6.07) is 14.0. The van der Waals surface area contributed by atoms with Crippen molar-refractivity contribution in [3.05, 3.63) is 59.4 Å². The molecule has 130 valence electrons. The lowest BCUT2D eigenvalue weighted by Gasteiger charge is -2.10. The Labute approximate surface area is 150 Å². The molecule has 0 saturated heterocycles. The molecule has 0 saturated carbocycles. The van der Waals surface area contributed by atoms with E-state index in [9.17, 15) is 13.2 Å². The molecule has 25 heavy (non-hydrogen) atoms. The summed E-state index contributed by atoms with van der Waals surface area (Å²) in [5.74, 6) is -0.161. The van der Waals surface area contributed by atoms with Gasteiger partial charge < -0.3 is 9.88 Å². The maximum Gasteiger partial charge on any atom is 0.244 e. The Morgan fingerprint density at radius 2 is 1.84 bits per heavy atom. The van der Waals surface area contributed by atoms with Crippen LogP contribution in [0.25, 0.3) is 11.0 Å². The lowest BCUT2D eigenvalue weighted by molar-refractivity contribution is -0.116. The second-order valence-electron chi connectivity index (χ2n) is 5.73. The molecule has 0 aliphatic carbocycles. The number of nitrogens with zero attached hydrogens (tertiary/aromatic N) is 2. The summed E-state index contributed by atoms with van der Waals surface area (Å²) in [5, 5.41) is 3.34. The van der Waals surface area contributed by atoms with Crippen molar-refractivity contribution in [2.24, 2.45) is 0 Å². The predicted molar refractivity (Wildman–Crippen MR) is 98.4 cm³/mol. The van der Waals surface area contributed by atoms with Crippen LogP contribution in [0.2, 0.25) is 5.02 Å². The first-order valence-corrected chi connectivity index (χ1v) is 9.93. The van der Waals surface area contributed by atoms with Gasteiger partial charge in [-0.15, -0.1) is 0 Å². The Hall–Kier alpha value is -2.38. The molecule has 0 bridgehead atoms. The van der Waals surface area contributed by atoms with E-state index in [2.05, 4.69) is 10.3 Å². The van der Waals surface area contributed by atoms with Gasteiger partial charge in [-0.25, -0.2) is 13.4 Å². The van der Waals surface area contributed by atoms with Gasteiger partial charge in [0.25, 0.3) is 0 Å². The number of rotatable bonds is 5. The molecule has 1 amide bonds. The summed E-state index contributed by atoms with van der Waals surface area (Å²) in [6.45, 7) is -0.0337. The van der Waals surface area contributed by atoms with Crippen molar-refractivity contribution in [2.75, 3.05) is 11.6 Å². The quantitative estimate of drug-likeness (QED) is 0.741. The second kappa shape index (κ2) is 6.85. The van der Waals surface area contributed by atoms with Gasteiger partial charge in [-0.05, 0) is 36.4 Å². The predicted octanol–water partition coefficient (Wildman–Crippen LogP) is 2.87. The van der Waals surface area contributed by atoms with Crippen molar-refractivity contribution in [2.45, 2.75) is 12.3 Å². The third-order valence-electron chi connectivity index (χ3n) is 3.55. The van der Waals surface area contributed by atoms with E-state index >= 15 is 0 Å². The number of carbonyl (C=O) groups excluding carboxylic acids is 1. The van der Waals surface area contributed by atoms with Crippen LogP contribution in [0.15, 0.2) is 48.5 Å². The van der Waals surface area contributed by atoms with Crippen molar-refractivity contribution in [3.63, 3.8) is 0 Å². The molecule has 0 radical (unpaired) electrons. The highest BCUT2D eigenvalue weighted by atomic mass is 35.5. The van der Waals surface area contributed by atoms with Crippen LogP contribution in [0.3, 0.4) is 0 Å². The van der Waals surface area contributed by atoms with E-state index < -0.39 is 9.84 Å². The minimum atomic E-state index is -3.28. The monoisotopic (exact) mass is 377 g/mol. The summed E-state index contributed by atoms with van der Waals surface area (Å²) >= 11 is 5.83. The molecule has 0 fully saturated rings. The molecule has 0 aliphatic rings. The number of hydrogen-bond acceptors (Lipinski definition) is 4. The van der Waals surface area contributed by atoms with Gasteiger partial charge in [-0.2, -0.15) is 0 Å². The van der Waals surface area contributed by atoms with Gasteiger partial charge in [0.1, 0.15) is 18.1 Å². The third kappa shape index (κ3) is 4.37. The molecule has 1 heterocycles. The largest absolute Gasteiger partial charge is 0.325 e. The van der Waals surface area contributed by atoms with Crippen LogP contribution in [0.5, 0.6) is 0 Å². The van der Waals surface area contributed by atoms with Crippen molar-refractivity contribution in [1.82, 2.24) is 9.55 Å². The molecular weight excluding hydrogens is 362 g/mol. The number of carbonyl (C=O) groups is 1. The Morgan fingerprint density at radius 3 is 2.52 bits per heavy atom. The van der Waals surface area contributed by atoms with E-state index in [-0.39, 0.29) is 18.2 Å². The number of para-hydroxylation sites is 2. The molecule has 6 nitrogen and oxygen atoms in total. The molecule has 3 aromatic rings. The first-order chi connectivity index (χ1) is 11.8. The number of fused-ring (bicyclic) bond motifs is 1. The number of aromatic nitrogens is 2. The van der Waals surface area contributed by atoms with Crippen molar-refractivity contribution in [3.8, 4) is 0 Å². The number of hydrogen-bond donors (Lipinski definition) is 1. The fourth-order valence-electron chi connectivity index (χ4n) is 2.52. The van der Waals surface area contributed by atoms with Gasteiger partial charge in [0.15, 0.2) is 9.84 Å². The van der Waals surface area contributed by atoms with Crippen molar-refractivity contribution < 1.29 is 13.2 Å². The van der Waals surface area contributed by atoms with Crippen LogP contribution in [0.1, 0.15) is 5.82 Å². The smallest absolute Gasteiger partial charge is 0.244 e. The second-order valence-corrected chi connectivity index (χ2v) is 8.30. The van der Waals surface area contributed by atoms with Crippen LogP contribution in [0, 0.1) is 0 Å². The fraction of sp³-hybridized carbons (Fsp3) is 0.176. The molecular formula is C17H16ClN3O3S. The molecule has 2 aromatic carbocycles. The number of sulfone groups is 1. The van der Waals surface area contributed by atoms with E-state index in [1.54, 1.807) is 34.9 Å². The maximum absolute atomic E-state index is 12.4. The average Bonchev–Trinajstić information content (AvgIpc) is 2.85. The average molecular weight is 378 g/mol. The Balaban J connectivity index is 1.89. The van der Waals surface area contributed by atoms with Crippen molar-refractivity contribution >= 4 is 44.1 Å². The normalized spacial score (nSPS) is 11.6. The van der Waals surface area contributed by atoms with Crippen LogP contribution in [0.4, 0.5) is 5.69 Å². The minimum Gasteiger partial charge on any atom is -0.325 e. The van der Waals surface area contributed by atoms with Gasteiger partial charge in [0.05, 0.1) is 11.0 Å². The lowest BCUT2D eigenvalue weighted by atomic mass is 10.3. The summed E-state index contributed by atoms with van der Waals surface area (Å²) < 4.78 is 25.0. The van der Waals surface area contributed by atoms with E-state index in [0.29, 0.717) is 27.6 Å². The number of imidazole rings is 1. The Kier molecular flexibility index (Phi) is 4.78. The van der Waals surface area contributed by atoms with Crippen molar-refractivity contribution in [1.29, 1.82) is 0 Å². The molecule has 0 unspecified atom stereocenters. The van der Waals surface area contributed by atoms with E-state index in [1.165, 1.54) is 0 Å². The molecule has 1 aromatic heterocycles. The highest BCUT2D eigenvalue weighted by molar-refractivity contribution is 7.89. The molecule has 0 aliphatic heterocycles. The van der Waals surface area contributed by atoms with Gasteiger partial charge in [-0.1, -0.05) is 23.7 Å². The van der Waals surface area contributed by atoms with E-state index in [4.69, 9.17) is 11.6 Å². The molecule has 3 rings (SSSR count). The highest BCUT2D eigenvalue weighted by Crippen LogP contribution is 2.18. The number of anilines is 1. The summed E-state index contributed by atoms with van der Waals surface area (Å²) in [7, 11) is -3.28. The molecule has 0 atom stereocenters. The summed E-state index contributed by atoms with van der Waals surface area (Å²) in [5.41, 5.74) is 1.98. The van der Waals surface area contributed by atoms with Gasteiger partial charge in [-0.3, -0.25) is 4.79 Å². The van der Waals surface area contributed by atoms with Crippen LogP contribution in [-0.4, -0.2) is 30.1 Å². The van der Waals surface area contributed by atoms with Gasteiger partial charge in [0, 0.05) is 17.0 Å². The molecule has 1 N–H and O–H groups in total. The zero-order valence-corrected chi connectivity index (χ0v) is 15.0. The first-order valence-electron chi connectivity index (χ1n) is 7.49. The fourth-order valence-corrected chi connectivity index (χ4v) is 3.34. The van der Waals surface area contributed by atoms with Crippen LogP contribution in [-0.2, 0) is 26.9 Å². The van der Waals surface area contributed by atoms with Gasteiger partial charge in [0.2, 0.25) is 5.91 Å². The number of halogens is 1. The highest BCUT2D eigenvalue weighted by Gasteiger charge is 2.17. The zero-order valence-electron chi connectivity index (χ0n) is 13.4. The SMILES string of the molecule is CS(=O)(=O)Cc1nc2ccccc2n1CC(=O)Nc1ccc(Cl)cc1. The van der Waals surface area contributed by atoms with E-state index in [0.717, 1.165) is 6.26 Å². The number of nitrogens with one attached hydrogen (secondary N) is 1. The maximum atomic E-state index is 12.4.